The number of amides is 1. The maximum absolute atomic E-state index is 12.5. The summed E-state index contributed by atoms with van der Waals surface area (Å²) in [5, 5.41) is 29.4. The average molecular weight is 461 g/mol. The fourth-order valence-corrected chi connectivity index (χ4v) is 4.81. The van der Waals surface area contributed by atoms with Gasteiger partial charge in [0.2, 0.25) is 5.89 Å². The van der Waals surface area contributed by atoms with Crippen molar-refractivity contribution in [1.82, 2.24) is 14.8 Å². The summed E-state index contributed by atoms with van der Waals surface area (Å²) in [6.45, 7) is 0.322. The molecule has 0 spiro atoms. The largest absolute Gasteiger partial charge is 0.508 e. The molecule has 2 unspecified atom stereocenters. The Balaban J connectivity index is 1.36. The number of alkyl halides is 1. The topological polar surface area (TPSA) is 105 Å². The van der Waals surface area contributed by atoms with E-state index in [9.17, 15) is 15.0 Å². The number of β-lactam (4-membered cyclic amide) rings is 1. The van der Waals surface area contributed by atoms with Gasteiger partial charge in [0.1, 0.15) is 23.4 Å². The molecule has 3 heterocycles. The molecule has 5 aromatic rings. The summed E-state index contributed by atoms with van der Waals surface area (Å²) in [5.74, 6) is -0.337. The van der Waals surface area contributed by atoms with Crippen molar-refractivity contribution in [3.05, 3.63) is 78.2 Å². The van der Waals surface area contributed by atoms with Crippen LogP contribution in [0.1, 0.15) is 17.5 Å². The zero-order valence-electron chi connectivity index (χ0n) is 17.1. The number of nitrogens with zero attached hydrogens (tertiary/aromatic N) is 4. The van der Waals surface area contributed by atoms with E-state index in [1.807, 2.05) is 36.4 Å². The first-order valence-corrected chi connectivity index (χ1v) is 10.7. The van der Waals surface area contributed by atoms with Gasteiger partial charge < -0.3 is 19.2 Å². The molecule has 2 aromatic heterocycles. The van der Waals surface area contributed by atoms with Crippen LogP contribution in [0.5, 0.6) is 11.5 Å². The average Bonchev–Trinajstić information content (AvgIpc) is 3.41. The number of para-hydroxylation sites is 2. The number of halogens is 1. The molecule has 164 valence electrons. The summed E-state index contributed by atoms with van der Waals surface area (Å²) >= 11 is 6.25. The molecule has 3 aromatic carbocycles. The Hall–Kier alpha value is -4.04. The molecule has 2 atom stereocenters. The highest BCUT2D eigenvalue weighted by molar-refractivity contribution is 6.37. The first-order chi connectivity index (χ1) is 16.0. The van der Waals surface area contributed by atoms with Crippen LogP contribution in [0.4, 0.5) is 6.01 Å². The predicted molar refractivity (Wildman–Crippen MR) is 122 cm³/mol. The number of phenolic OH excluding ortho intramolecular Hbond substituents is 2. The van der Waals surface area contributed by atoms with Crippen molar-refractivity contribution in [3.63, 3.8) is 0 Å². The summed E-state index contributed by atoms with van der Waals surface area (Å²) < 4.78 is 7.96. The van der Waals surface area contributed by atoms with Gasteiger partial charge in [-0.3, -0.25) is 9.69 Å². The molecule has 6 rings (SSSR count). The minimum absolute atomic E-state index is 0.00476. The maximum Gasteiger partial charge on any atom is 0.325 e. The number of phenols is 2. The Kier molecular flexibility index (Phi) is 4.31. The van der Waals surface area contributed by atoms with Gasteiger partial charge >= 0.3 is 6.01 Å². The number of carbonyl (C=O) groups excluding carboxylic acids is 1. The lowest BCUT2D eigenvalue weighted by Gasteiger charge is -2.41. The summed E-state index contributed by atoms with van der Waals surface area (Å²) in [7, 11) is 0. The van der Waals surface area contributed by atoms with Crippen LogP contribution in [0.3, 0.4) is 0 Å². The van der Waals surface area contributed by atoms with Gasteiger partial charge in [0.25, 0.3) is 5.91 Å². The van der Waals surface area contributed by atoms with E-state index in [2.05, 4.69) is 26.9 Å². The van der Waals surface area contributed by atoms with Crippen LogP contribution in [0, 0.1) is 0 Å². The molecule has 0 bridgehead atoms. The van der Waals surface area contributed by atoms with E-state index in [1.54, 1.807) is 0 Å². The number of benzene rings is 3. The Morgan fingerprint density at radius 1 is 0.939 bits per heavy atom. The third-order valence-corrected chi connectivity index (χ3v) is 6.42. The van der Waals surface area contributed by atoms with Gasteiger partial charge in [-0.2, -0.15) is 0 Å². The lowest BCUT2D eigenvalue weighted by atomic mass is 9.93. The van der Waals surface area contributed by atoms with E-state index in [0.717, 1.165) is 21.8 Å². The minimum Gasteiger partial charge on any atom is -0.508 e. The molecule has 1 saturated heterocycles. The van der Waals surface area contributed by atoms with Crippen molar-refractivity contribution >= 4 is 45.3 Å². The first-order valence-electron chi connectivity index (χ1n) is 10.3. The number of rotatable bonds is 4. The normalized spacial score (nSPS) is 18.2. The molecule has 0 saturated carbocycles. The second kappa shape index (κ2) is 7.25. The third kappa shape index (κ3) is 2.95. The van der Waals surface area contributed by atoms with Gasteiger partial charge in [0.05, 0.1) is 6.04 Å². The molecule has 1 fully saturated rings. The number of carbonyl (C=O) groups is 1. The van der Waals surface area contributed by atoms with Gasteiger partial charge in [-0.1, -0.05) is 41.5 Å². The van der Waals surface area contributed by atoms with E-state index >= 15 is 0 Å². The number of fused-ring (bicyclic) bond motifs is 3. The van der Waals surface area contributed by atoms with E-state index in [-0.39, 0.29) is 17.5 Å². The highest BCUT2D eigenvalue weighted by atomic mass is 35.5. The van der Waals surface area contributed by atoms with Crippen LogP contribution in [-0.2, 0) is 11.3 Å². The van der Waals surface area contributed by atoms with Gasteiger partial charge in [0, 0.05) is 33.4 Å². The van der Waals surface area contributed by atoms with Gasteiger partial charge in [0.15, 0.2) is 0 Å². The zero-order valence-corrected chi connectivity index (χ0v) is 17.8. The van der Waals surface area contributed by atoms with Crippen molar-refractivity contribution in [3.8, 4) is 11.5 Å². The van der Waals surface area contributed by atoms with E-state index < -0.39 is 17.3 Å². The monoisotopic (exact) mass is 460 g/mol. The molecule has 8 nitrogen and oxygen atoms in total. The fraction of sp³-hybridized carbons (Fsp3) is 0.125. The van der Waals surface area contributed by atoms with Gasteiger partial charge in [-0.15, -0.1) is 16.7 Å². The van der Waals surface area contributed by atoms with Crippen LogP contribution < -0.4 is 4.90 Å². The van der Waals surface area contributed by atoms with E-state index in [1.165, 1.54) is 23.1 Å². The van der Waals surface area contributed by atoms with Gasteiger partial charge in [-0.25, -0.2) is 0 Å². The number of aromatic hydroxyl groups is 2. The number of anilines is 1. The molecule has 1 aliphatic heterocycles. The van der Waals surface area contributed by atoms with Gasteiger partial charge in [-0.05, 0) is 24.3 Å². The second-order valence-corrected chi connectivity index (χ2v) is 8.37. The lowest BCUT2D eigenvalue weighted by molar-refractivity contribution is -0.124. The molecule has 1 amide bonds. The Labute approximate surface area is 192 Å². The van der Waals surface area contributed by atoms with Crippen molar-refractivity contribution < 1.29 is 19.4 Å². The molecule has 0 aliphatic carbocycles. The number of hydrogen-bond donors (Lipinski definition) is 2. The summed E-state index contributed by atoms with van der Waals surface area (Å²) in [6, 6.07) is 19.6. The van der Waals surface area contributed by atoms with E-state index in [4.69, 9.17) is 16.0 Å². The highest BCUT2D eigenvalue weighted by Crippen LogP contribution is 2.45. The van der Waals surface area contributed by atoms with Crippen LogP contribution in [0.15, 0.2) is 71.1 Å². The maximum atomic E-state index is 12.5. The molecule has 0 radical (unpaired) electrons. The first kappa shape index (κ1) is 19.6. The molecule has 1 aliphatic rings. The SMILES string of the molecule is O=C1C(Cl)C(c2ccc(O)cc2O)N1c1nnc(Cn2c3ccccc3c3ccccc32)o1. The standard InChI is InChI=1S/C24H17ClN4O4/c25-21-22(16-10-9-13(30)11-19(16)31)29(23(21)32)24-27-26-20(33-24)12-28-17-7-3-1-5-14(17)15-6-2-4-8-18(15)28/h1-11,21-22,30-31H,12H2. The number of aromatic nitrogens is 3. The molecule has 33 heavy (non-hydrogen) atoms. The zero-order chi connectivity index (χ0) is 22.7. The van der Waals surface area contributed by atoms with Crippen molar-refractivity contribution in [2.24, 2.45) is 0 Å². The molecule has 9 heteroatoms. The van der Waals surface area contributed by atoms with Crippen LogP contribution in [-0.4, -0.2) is 36.3 Å². The molecular formula is C24H17ClN4O4. The smallest absolute Gasteiger partial charge is 0.325 e. The predicted octanol–water partition coefficient (Wildman–Crippen LogP) is 4.33. The summed E-state index contributed by atoms with van der Waals surface area (Å²) in [6.07, 6.45) is 0. The van der Waals surface area contributed by atoms with Crippen LogP contribution in [0.25, 0.3) is 21.8 Å². The highest BCUT2D eigenvalue weighted by Gasteiger charge is 2.51. The minimum atomic E-state index is -0.895. The second-order valence-electron chi connectivity index (χ2n) is 7.90. The quantitative estimate of drug-likeness (QED) is 0.305. The summed E-state index contributed by atoms with van der Waals surface area (Å²) in [5.41, 5.74) is 2.45. The fourth-order valence-electron chi connectivity index (χ4n) is 4.46. The molecular weight excluding hydrogens is 444 g/mol. The molecule has 2 N–H and O–H groups in total. The summed E-state index contributed by atoms with van der Waals surface area (Å²) in [4.78, 5) is 13.8. The van der Waals surface area contributed by atoms with Crippen LogP contribution >= 0.6 is 11.6 Å². The van der Waals surface area contributed by atoms with Crippen molar-refractivity contribution in [1.29, 1.82) is 0 Å². The Morgan fingerprint density at radius 2 is 1.61 bits per heavy atom. The van der Waals surface area contributed by atoms with Crippen molar-refractivity contribution in [2.75, 3.05) is 4.90 Å². The Morgan fingerprint density at radius 3 is 2.27 bits per heavy atom. The Bertz CT molecular complexity index is 1490. The number of hydrogen-bond acceptors (Lipinski definition) is 6. The van der Waals surface area contributed by atoms with Crippen molar-refractivity contribution in [2.45, 2.75) is 18.0 Å². The van der Waals surface area contributed by atoms with E-state index in [0.29, 0.717) is 18.0 Å². The third-order valence-electron chi connectivity index (χ3n) is 6.00. The lowest BCUT2D eigenvalue weighted by Crippen LogP contribution is -2.56. The van der Waals surface area contributed by atoms with Crippen LogP contribution in [0.2, 0.25) is 0 Å².